The van der Waals surface area contributed by atoms with Crippen LogP contribution in [0.5, 0.6) is 0 Å². The van der Waals surface area contributed by atoms with Crippen LogP contribution in [-0.2, 0) is 16.4 Å². The molecular weight excluding hydrogens is 264 g/mol. The van der Waals surface area contributed by atoms with E-state index in [-0.39, 0.29) is 15.7 Å². The number of nitrogens with two attached hydrogens (primary N) is 1. The second-order valence-corrected chi connectivity index (χ2v) is 6.54. The molecule has 6 nitrogen and oxygen atoms in total. The zero-order chi connectivity index (χ0) is 14.0. The molecule has 2 aromatic rings. The van der Waals surface area contributed by atoms with Gasteiger partial charge in [-0.05, 0) is 18.1 Å². The Labute approximate surface area is 112 Å². The van der Waals surface area contributed by atoms with E-state index in [9.17, 15) is 8.42 Å². The molecule has 0 spiro atoms. The topological polar surface area (TPSA) is 90.9 Å². The maximum absolute atomic E-state index is 12.4. The normalized spacial score (nSPS) is 11.9. The zero-order valence-electron chi connectivity index (χ0n) is 10.8. The first-order chi connectivity index (χ1) is 8.93. The van der Waals surface area contributed by atoms with Gasteiger partial charge in [0.05, 0.1) is 4.90 Å². The third-order valence-electron chi connectivity index (χ3n) is 2.59. The molecule has 7 heteroatoms. The van der Waals surface area contributed by atoms with Gasteiger partial charge in [-0.15, -0.1) is 5.10 Å². The number of aromatic nitrogens is 3. The van der Waals surface area contributed by atoms with Gasteiger partial charge in [0.2, 0.25) is 14.9 Å². The van der Waals surface area contributed by atoms with Gasteiger partial charge in [0.25, 0.3) is 0 Å². The van der Waals surface area contributed by atoms with Crippen LogP contribution in [0.4, 0.5) is 5.82 Å². The number of nitrogens with zero attached hydrogens (tertiary/aromatic N) is 3. The molecule has 0 bridgehead atoms. The van der Waals surface area contributed by atoms with Crippen LogP contribution in [0.3, 0.4) is 0 Å². The van der Waals surface area contributed by atoms with E-state index >= 15 is 0 Å². The van der Waals surface area contributed by atoms with Crippen molar-refractivity contribution in [2.45, 2.75) is 30.3 Å². The van der Waals surface area contributed by atoms with Gasteiger partial charge in [-0.2, -0.15) is 0 Å². The number of hydrogen-bond donors (Lipinski definition) is 1. The Kier molecular flexibility index (Phi) is 3.57. The van der Waals surface area contributed by atoms with Crippen molar-refractivity contribution in [3.8, 4) is 0 Å². The van der Waals surface area contributed by atoms with Crippen molar-refractivity contribution in [1.29, 1.82) is 0 Å². The van der Waals surface area contributed by atoms with Gasteiger partial charge >= 0.3 is 0 Å². The Morgan fingerprint density at radius 2 is 1.89 bits per heavy atom. The van der Waals surface area contributed by atoms with E-state index in [1.807, 2.05) is 13.8 Å². The van der Waals surface area contributed by atoms with Crippen LogP contribution in [0.2, 0.25) is 0 Å². The molecule has 0 radical (unpaired) electrons. The molecule has 0 aliphatic heterocycles. The minimum atomic E-state index is -3.70. The van der Waals surface area contributed by atoms with E-state index in [2.05, 4.69) is 10.3 Å². The van der Waals surface area contributed by atoms with Crippen molar-refractivity contribution >= 4 is 15.7 Å². The Bertz CT molecular complexity index is 662. The predicted octanol–water partition coefficient (Wildman–Crippen LogP) is 1.35. The SMILES string of the molecule is CC(C)Cn1nnc(S(=O)(=O)c2ccccc2)c1N. The highest BCUT2D eigenvalue weighted by Gasteiger charge is 2.26. The number of nitrogen functional groups attached to an aromatic ring is 1. The second kappa shape index (κ2) is 5.00. The first-order valence-electron chi connectivity index (χ1n) is 5.92. The third kappa shape index (κ3) is 2.60. The summed E-state index contributed by atoms with van der Waals surface area (Å²) in [4.78, 5) is 0.165. The molecule has 2 N–H and O–H groups in total. The van der Waals surface area contributed by atoms with Crippen molar-refractivity contribution < 1.29 is 8.42 Å². The predicted molar refractivity (Wildman–Crippen MR) is 71.2 cm³/mol. The Balaban J connectivity index is 2.46. The third-order valence-corrected chi connectivity index (χ3v) is 4.28. The molecule has 0 atom stereocenters. The minimum Gasteiger partial charge on any atom is -0.381 e. The fraction of sp³-hybridized carbons (Fsp3) is 0.333. The zero-order valence-corrected chi connectivity index (χ0v) is 11.6. The average molecular weight is 280 g/mol. The molecule has 2 rings (SSSR count). The summed E-state index contributed by atoms with van der Waals surface area (Å²) in [7, 11) is -3.70. The van der Waals surface area contributed by atoms with Crippen LogP contribution in [0, 0.1) is 5.92 Å². The van der Waals surface area contributed by atoms with Crippen molar-refractivity contribution in [2.75, 3.05) is 5.73 Å². The highest BCUT2D eigenvalue weighted by Crippen LogP contribution is 2.23. The van der Waals surface area contributed by atoms with E-state index in [4.69, 9.17) is 5.73 Å². The smallest absolute Gasteiger partial charge is 0.229 e. The molecule has 19 heavy (non-hydrogen) atoms. The summed E-state index contributed by atoms with van der Waals surface area (Å²) in [5.41, 5.74) is 5.83. The highest BCUT2D eigenvalue weighted by atomic mass is 32.2. The second-order valence-electron chi connectivity index (χ2n) is 4.67. The van der Waals surface area contributed by atoms with Gasteiger partial charge in [0, 0.05) is 6.54 Å². The van der Waals surface area contributed by atoms with Crippen LogP contribution < -0.4 is 5.73 Å². The molecule has 0 aliphatic rings. The Hall–Kier alpha value is -1.89. The lowest BCUT2D eigenvalue weighted by Crippen LogP contribution is -2.11. The molecule has 1 aromatic heterocycles. The fourth-order valence-electron chi connectivity index (χ4n) is 1.69. The Morgan fingerprint density at radius 3 is 2.47 bits per heavy atom. The van der Waals surface area contributed by atoms with E-state index in [1.54, 1.807) is 18.2 Å². The Morgan fingerprint density at radius 1 is 1.26 bits per heavy atom. The molecule has 102 valence electrons. The van der Waals surface area contributed by atoms with E-state index < -0.39 is 9.84 Å². The van der Waals surface area contributed by atoms with Crippen LogP contribution >= 0.6 is 0 Å². The van der Waals surface area contributed by atoms with E-state index in [1.165, 1.54) is 16.8 Å². The number of sulfone groups is 1. The van der Waals surface area contributed by atoms with Crippen LogP contribution in [0.25, 0.3) is 0 Å². The molecule has 0 fully saturated rings. The summed E-state index contributed by atoms with van der Waals surface area (Å²) in [5, 5.41) is 7.35. The van der Waals surface area contributed by atoms with Crippen molar-refractivity contribution in [2.24, 2.45) is 5.92 Å². The summed E-state index contributed by atoms with van der Waals surface area (Å²) in [6.07, 6.45) is 0. The molecule has 0 unspecified atom stereocenters. The van der Waals surface area contributed by atoms with Gasteiger partial charge in [-0.1, -0.05) is 37.3 Å². The van der Waals surface area contributed by atoms with E-state index in [0.29, 0.717) is 12.5 Å². The summed E-state index contributed by atoms with van der Waals surface area (Å²) >= 11 is 0. The maximum atomic E-state index is 12.4. The van der Waals surface area contributed by atoms with Crippen molar-refractivity contribution in [3.05, 3.63) is 30.3 Å². The molecule has 1 heterocycles. The minimum absolute atomic E-state index is 0.0811. The maximum Gasteiger partial charge on any atom is 0.229 e. The highest BCUT2D eigenvalue weighted by molar-refractivity contribution is 7.91. The van der Waals surface area contributed by atoms with Gasteiger partial charge < -0.3 is 5.73 Å². The molecular formula is C12H16N4O2S. The monoisotopic (exact) mass is 280 g/mol. The number of hydrogen-bond acceptors (Lipinski definition) is 5. The number of anilines is 1. The first-order valence-corrected chi connectivity index (χ1v) is 7.40. The van der Waals surface area contributed by atoms with E-state index in [0.717, 1.165) is 0 Å². The summed E-state index contributed by atoms with van der Waals surface area (Å²) in [5.74, 6) is 0.383. The van der Waals surface area contributed by atoms with Gasteiger partial charge in [0.1, 0.15) is 0 Å². The van der Waals surface area contributed by atoms with Crippen LogP contribution in [-0.4, -0.2) is 23.4 Å². The quantitative estimate of drug-likeness (QED) is 0.912. The largest absolute Gasteiger partial charge is 0.381 e. The lowest BCUT2D eigenvalue weighted by Gasteiger charge is -2.06. The molecule has 0 saturated carbocycles. The van der Waals surface area contributed by atoms with Crippen molar-refractivity contribution in [3.63, 3.8) is 0 Å². The van der Waals surface area contributed by atoms with Crippen LogP contribution in [0.1, 0.15) is 13.8 Å². The number of rotatable bonds is 4. The lowest BCUT2D eigenvalue weighted by molar-refractivity contribution is 0.477. The van der Waals surface area contributed by atoms with Gasteiger partial charge in [0.15, 0.2) is 5.82 Å². The molecule has 0 saturated heterocycles. The van der Waals surface area contributed by atoms with Gasteiger partial charge in [-0.25, -0.2) is 13.1 Å². The lowest BCUT2D eigenvalue weighted by atomic mass is 10.2. The van der Waals surface area contributed by atoms with Crippen LogP contribution in [0.15, 0.2) is 40.3 Å². The molecule has 0 amide bonds. The summed E-state index contributed by atoms with van der Waals surface area (Å²) in [6, 6.07) is 8.08. The number of benzene rings is 1. The molecule has 1 aromatic carbocycles. The fourth-order valence-corrected chi connectivity index (χ4v) is 2.95. The summed E-state index contributed by atoms with van der Waals surface area (Å²) < 4.78 is 26.1. The standard InChI is InChI=1S/C12H16N4O2S/c1-9(2)8-16-11(13)12(14-15-16)19(17,18)10-6-4-3-5-7-10/h3-7,9H,8,13H2,1-2H3. The summed E-state index contributed by atoms with van der Waals surface area (Å²) in [6.45, 7) is 4.52. The first kappa shape index (κ1) is 13.5. The van der Waals surface area contributed by atoms with Gasteiger partial charge in [-0.3, -0.25) is 0 Å². The average Bonchev–Trinajstić information content (AvgIpc) is 2.72. The van der Waals surface area contributed by atoms with Crippen molar-refractivity contribution in [1.82, 2.24) is 15.0 Å². The molecule has 0 aliphatic carbocycles.